The van der Waals surface area contributed by atoms with Crippen molar-refractivity contribution in [1.29, 1.82) is 0 Å². The summed E-state index contributed by atoms with van der Waals surface area (Å²) in [5.41, 5.74) is 0.735. The fraction of sp³-hybridized carbons (Fsp3) is 0.696. The summed E-state index contributed by atoms with van der Waals surface area (Å²) in [6.45, 7) is 7.31. The number of rotatable bonds is 8. The van der Waals surface area contributed by atoms with E-state index in [1.807, 2.05) is 24.3 Å². The zero-order chi connectivity index (χ0) is 18.9. The number of carbonyl (C=O) groups excluding carboxylic acids is 1. The molecule has 0 saturated carbocycles. The van der Waals surface area contributed by atoms with E-state index in [0.717, 1.165) is 56.5 Å². The first-order chi connectivity index (χ1) is 13.3. The van der Waals surface area contributed by atoms with Gasteiger partial charge in [0.25, 0.3) is 5.91 Å². The van der Waals surface area contributed by atoms with E-state index >= 15 is 0 Å². The number of hydrogen-bond acceptors (Lipinski definition) is 3. The van der Waals surface area contributed by atoms with Crippen LogP contribution in [0.25, 0.3) is 0 Å². The van der Waals surface area contributed by atoms with E-state index in [1.165, 1.54) is 38.8 Å². The van der Waals surface area contributed by atoms with Gasteiger partial charge in [0.2, 0.25) is 0 Å². The average Bonchev–Trinajstić information content (AvgIpc) is 2.73. The van der Waals surface area contributed by atoms with Crippen LogP contribution in [-0.4, -0.2) is 54.5 Å². The second kappa shape index (κ2) is 12.3. The molecule has 2 aliphatic heterocycles. The predicted molar refractivity (Wildman–Crippen MR) is 118 cm³/mol. The second-order valence-corrected chi connectivity index (χ2v) is 8.04. The van der Waals surface area contributed by atoms with Crippen LogP contribution in [-0.2, 0) is 0 Å². The third-order valence-corrected chi connectivity index (χ3v) is 5.99. The van der Waals surface area contributed by atoms with Crippen molar-refractivity contribution in [3.8, 4) is 5.75 Å². The van der Waals surface area contributed by atoms with E-state index in [4.69, 9.17) is 4.74 Å². The zero-order valence-corrected chi connectivity index (χ0v) is 18.2. The van der Waals surface area contributed by atoms with E-state index in [9.17, 15) is 4.79 Å². The molecule has 1 unspecified atom stereocenters. The van der Waals surface area contributed by atoms with Crippen molar-refractivity contribution in [2.45, 2.75) is 70.8 Å². The molecule has 5 heteroatoms. The molecule has 3 rings (SSSR count). The van der Waals surface area contributed by atoms with Crippen LogP contribution < -0.4 is 4.74 Å². The molecule has 0 aliphatic carbocycles. The molecule has 0 radical (unpaired) electrons. The van der Waals surface area contributed by atoms with Gasteiger partial charge >= 0.3 is 0 Å². The maximum atomic E-state index is 13.3. The van der Waals surface area contributed by atoms with Crippen LogP contribution in [0.3, 0.4) is 0 Å². The summed E-state index contributed by atoms with van der Waals surface area (Å²) in [5, 5.41) is 0. The molecule has 2 fully saturated rings. The highest BCUT2D eigenvalue weighted by atomic mass is 35.5. The minimum absolute atomic E-state index is 0. The van der Waals surface area contributed by atoms with Crippen LogP contribution >= 0.6 is 12.4 Å². The van der Waals surface area contributed by atoms with Crippen LogP contribution in [0.4, 0.5) is 0 Å². The maximum Gasteiger partial charge on any atom is 0.257 e. The number of unbranched alkanes of at least 4 members (excludes halogenated alkanes) is 1. The molecule has 28 heavy (non-hydrogen) atoms. The summed E-state index contributed by atoms with van der Waals surface area (Å²) in [6, 6.07) is 8.15. The lowest BCUT2D eigenvalue weighted by Crippen LogP contribution is -2.45. The molecule has 1 amide bonds. The largest absolute Gasteiger partial charge is 0.493 e. The Morgan fingerprint density at radius 1 is 1.07 bits per heavy atom. The van der Waals surface area contributed by atoms with Crippen molar-refractivity contribution in [2.75, 3.05) is 32.8 Å². The molecule has 4 nitrogen and oxygen atoms in total. The Morgan fingerprint density at radius 3 is 2.61 bits per heavy atom. The van der Waals surface area contributed by atoms with E-state index in [0.29, 0.717) is 12.6 Å². The lowest BCUT2D eigenvalue weighted by Gasteiger charge is -2.38. The number of likely N-dealkylation sites (tertiary alicyclic amines) is 2. The fourth-order valence-electron chi connectivity index (χ4n) is 4.33. The smallest absolute Gasteiger partial charge is 0.257 e. The normalized spacial score (nSPS) is 20.5. The Bertz CT molecular complexity index is 590. The molecule has 2 aliphatic rings. The van der Waals surface area contributed by atoms with Gasteiger partial charge in [0.1, 0.15) is 5.75 Å². The van der Waals surface area contributed by atoms with Crippen molar-refractivity contribution < 1.29 is 9.53 Å². The molecule has 0 bridgehead atoms. The van der Waals surface area contributed by atoms with Gasteiger partial charge in [-0.25, -0.2) is 0 Å². The van der Waals surface area contributed by atoms with E-state index < -0.39 is 0 Å². The molecule has 1 aromatic rings. The summed E-state index contributed by atoms with van der Waals surface area (Å²) < 4.78 is 5.92. The SMILES string of the molecule is CCCCOc1ccccc1C(=O)N1CCCCC1CCN1CCCCC1.Cl. The molecular formula is C23H37ClN2O2. The first-order valence-electron chi connectivity index (χ1n) is 11.0. The molecule has 2 saturated heterocycles. The number of nitrogens with zero attached hydrogens (tertiary/aromatic N) is 2. The first-order valence-corrected chi connectivity index (χ1v) is 11.0. The van der Waals surface area contributed by atoms with E-state index in [-0.39, 0.29) is 18.3 Å². The van der Waals surface area contributed by atoms with Crippen LogP contribution in [0.5, 0.6) is 5.75 Å². The Morgan fingerprint density at radius 2 is 1.82 bits per heavy atom. The van der Waals surface area contributed by atoms with Crippen molar-refractivity contribution >= 4 is 18.3 Å². The lowest BCUT2D eigenvalue weighted by molar-refractivity contribution is 0.0575. The highest BCUT2D eigenvalue weighted by molar-refractivity contribution is 5.97. The Balaban J connectivity index is 0.00000280. The number of ether oxygens (including phenoxy) is 1. The molecule has 0 aromatic heterocycles. The molecule has 1 aromatic carbocycles. The summed E-state index contributed by atoms with van der Waals surface area (Å²) in [7, 11) is 0. The molecule has 0 spiro atoms. The minimum atomic E-state index is 0. The Labute approximate surface area is 177 Å². The quantitative estimate of drug-likeness (QED) is 0.557. The molecule has 2 heterocycles. The van der Waals surface area contributed by atoms with E-state index in [2.05, 4.69) is 16.7 Å². The first kappa shape index (κ1) is 23.0. The fourth-order valence-corrected chi connectivity index (χ4v) is 4.33. The number of hydrogen-bond donors (Lipinski definition) is 0. The standard InChI is InChI=1S/C23H36N2O2.ClH/c1-2-3-19-27-22-13-6-5-12-21(22)23(26)25-17-10-7-11-20(25)14-18-24-15-8-4-9-16-24;/h5-6,12-13,20H,2-4,7-11,14-19H2,1H3;1H. The summed E-state index contributed by atoms with van der Waals surface area (Å²) in [6.07, 6.45) is 10.7. The van der Waals surface area contributed by atoms with Gasteiger partial charge in [-0.2, -0.15) is 0 Å². The summed E-state index contributed by atoms with van der Waals surface area (Å²) in [5.74, 6) is 0.904. The van der Waals surface area contributed by atoms with Crippen LogP contribution in [0.1, 0.15) is 75.1 Å². The van der Waals surface area contributed by atoms with Crippen molar-refractivity contribution in [2.24, 2.45) is 0 Å². The van der Waals surface area contributed by atoms with Gasteiger partial charge in [-0.15, -0.1) is 12.4 Å². The van der Waals surface area contributed by atoms with Crippen molar-refractivity contribution in [1.82, 2.24) is 9.80 Å². The topological polar surface area (TPSA) is 32.8 Å². The van der Waals surface area contributed by atoms with Gasteiger partial charge in [-0.05, 0) is 70.2 Å². The predicted octanol–water partition coefficient (Wildman–Crippen LogP) is 5.16. The second-order valence-electron chi connectivity index (χ2n) is 8.04. The van der Waals surface area contributed by atoms with Gasteiger partial charge in [-0.1, -0.05) is 31.9 Å². The monoisotopic (exact) mass is 408 g/mol. The minimum Gasteiger partial charge on any atom is -0.493 e. The molecule has 0 N–H and O–H groups in total. The number of piperidine rings is 2. The Kier molecular flexibility index (Phi) is 10.1. The van der Waals surface area contributed by atoms with Crippen LogP contribution in [0.15, 0.2) is 24.3 Å². The Hall–Kier alpha value is -1.26. The number of benzene rings is 1. The van der Waals surface area contributed by atoms with Crippen molar-refractivity contribution in [3.05, 3.63) is 29.8 Å². The molecule has 158 valence electrons. The van der Waals surface area contributed by atoms with Crippen LogP contribution in [0.2, 0.25) is 0 Å². The lowest BCUT2D eigenvalue weighted by atomic mass is 9.97. The van der Waals surface area contributed by atoms with Gasteiger partial charge in [0.05, 0.1) is 12.2 Å². The number of halogens is 1. The summed E-state index contributed by atoms with van der Waals surface area (Å²) in [4.78, 5) is 18.1. The van der Waals surface area contributed by atoms with Gasteiger partial charge in [-0.3, -0.25) is 4.79 Å². The van der Waals surface area contributed by atoms with Gasteiger partial charge in [0, 0.05) is 19.1 Å². The maximum absolute atomic E-state index is 13.3. The average molecular weight is 409 g/mol. The molecule has 1 atom stereocenters. The third-order valence-electron chi connectivity index (χ3n) is 5.99. The third kappa shape index (κ3) is 6.38. The molecular weight excluding hydrogens is 372 g/mol. The number of amides is 1. The highest BCUT2D eigenvalue weighted by Gasteiger charge is 2.29. The number of para-hydroxylation sites is 1. The van der Waals surface area contributed by atoms with Crippen LogP contribution in [0, 0.1) is 0 Å². The summed E-state index contributed by atoms with van der Waals surface area (Å²) >= 11 is 0. The number of carbonyl (C=O) groups is 1. The van der Waals surface area contributed by atoms with Crippen molar-refractivity contribution in [3.63, 3.8) is 0 Å². The van der Waals surface area contributed by atoms with E-state index in [1.54, 1.807) is 0 Å². The van der Waals surface area contributed by atoms with Gasteiger partial charge in [0.15, 0.2) is 0 Å². The zero-order valence-electron chi connectivity index (χ0n) is 17.4. The van der Waals surface area contributed by atoms with Gasteiger partial charge < -0.3 is 14.5 Å². The highest BCUT2D eigenvalue weighted by Crippen LogP contribution is 2.26.